The molecule has 0 bridgehead atoms. The topological polar surface area (TPSA) is 90.4 Å². The number of hydrogen-bond donors (Lipinski definition) is 2. The van der Waals surface area contributed by atoms with E-state index in [9.17, 15) is 4.79 Å². The molecule has 2 heterocycles. The molecule has 5 aromatic rings. The lowest BCUT2D eigenvalue weighted by Gasteiger charge is -2.12. The number of anilines is 2. The average molecular weight is 423 g/mol. The number of amides is 1. The van der Waals surface area contributed by atoms with Gasteiger partial charge in [-0.1, -0.05) is 18.2 Å². The van der Waals surface area contributed by atoms with Crippen molar-refractivity contribution in [1.82, 2.24) is 4.98 Å². The molecule has 0 aliphatic carbocycles. The van der Waals surface area contributed by atoms with Crippen molar-refractivity contribution in [2.24, 2.45) is 0 Å². The van der Waals surface area contributed by atoms with Crippen LogP contribution in [0.1, 0.15) is 21.6 Å². The molecule has 0 fully saturated rings. The summed E-state index contributed by atoms with van der Waals surface area (Å²) in [5, 5.41) is 4.73. The van der Waals surface area contributed by atoms with Crippen LogP contribution in [-0.2, 0) is 6.61 Å². The second-order valence-corrected chi connectivity index (χ2v) is 7.60. The van der Waals surface area contributed by atoms with Crippen molar-refractivity contribution in [2.75, 3.05) is 11.1 Å². The molecule has 158 valence electrons. The number of rotatable bonds is 5. The SMILES string of the molecule is Cc1cc(N)c2cc(NC(=O)c3ccccc3COc3ccc4occc4c3)ccc2n1. The molecule has 0 atom stereocenters. The van der Waals surface area contributed by atoms with Gasteiger partial charge < -0.3 is 20.2 Å². The van der Waals surface area contributed by atoms with E-state index in [1.807, 2.05) is 73.7 Å². The lowest BCUT2D eigenvalue weighted by atomic mass is 10.1. The van der Waals surface area contributed by atoms with Gasteiger partial charge in [0, 0.05) is 39.0 Å². The van der Waals surface area contributed by atoms with E-state index in [-0.39, 0.29) is 12.5 Å². The van der Waals surface area contributed by atoms with Crippen molar-refractivity contribution >= 4 is 39.2 Å². The molecule has 0 spiro atoms. The Hall–Kier alpha value is -4.32. The summed E-state index contributed by atoms with van der Waals surface area (Å²) in [6.45, 7) is 2.17. The number of aryl methyl sites for hydroxylation is 1. The summed E-state index contributed by atoms with van der Waals surface area (Å²) in [5.74, 6) is 0.495. The third-order valence-corrected chi connectivity index (χ3v) is 5.31. The molecule has 2 aromatic heterocycles. The number of pyridine rings is 1. The highest BCUT2D eigenvalue weighted by molar-refractivity contribution is 6.06. The highest BCUT2D eigenvalue weighted by atomic mass is 16.5. The molecule has 0 saturated carbocycles. The molecule has 0 saturated heterocycles. The van der Waals surface area contributed by atoms with Crippen LogP contribution in [0.4, 0.5) is 11.4 Å². The number of nitrogens with two attached hydrogens (primary N) is 1. The Kier molecular flexibility index (Phi) is 4.95. The zero-order chi connectivity index (χ0) is 22.1. The van der Waals surface area contributed by atoms with Crippen molar-refractivity contribution < 1.29 is 13.9 Å². The van der Waals surface area contributed by atoms with Gasteiger partial charge >= 0.3 is 0 Å². The number of nitrogen functional groups attached to an aromatic ring is 1. The van der Waals surface area contributed by atoms with Crippen LogP contribution in [0.2, 0.25) is 0 Å². The van der Waals surface area contributed by atoms with Crippen LogP contribution in [0.25, 0.3) is 21.9 Å². The molecular formula is C26H21N3O3. The number of nitrogens with zero attached hydrogens (tertiary/aromatic N) is 1. The number of carbonyl (C=O) groups is 1. The van der Waals surface area contributed by atoms with Crippen LogP contribution in [0, 0.1) is 6.92 Å². The molecule has 32 heavy (non-hydrogen) atoms. The summed E-state index contributed by atoms with van der Waals surface area (Å²) >= 11 is 0. The van der Waals surface area contributed by atoms with Gasteiger partial charge in [-0.3, -0.25) is 9.78 Å². The first-order valence-corrected chi connectivity index (χ1v) is 10.2. The van der Waals surface area contributed by atoms with E-state index in [0.29, 0.717) is 22.7 Å². The fourth-order valence-electron chi connectivity index (χ4n) is 3.73. The van der Waals surface area contributed by atoms with Gasteiger partial charge in [-0.15, -0.1) is 0 Å². The Morgan fingerprint density at radius 3 is 2.84 bits per heavy atom. The molecule has 5 rings (SSSR count). The minimum Gasteiger partial charge on any atom is -0.489 e. The van der Waals surface area contributed by atoms with E-state index in [1.165, 1.54) is 0 Å². The Bertz CT molecular complexity index is 1460. The Morgan fingerprint density at radius 2 is 1.94 bits per heavy atom. The number of aromatic nitrogens is 1. The predicted octanol–water partition coefficient (Wildman–Crippen LogP) is 5.70. The first-order chi connectivity index (χ1) is 15.6. The monoisotopic (exact) mass is 423 g/mol. The first kappa shape index (κ1) is 19.6. The third-order valence-electron chi connectivity index (χ3n) is 5.31. The maximum Gasteiger partial charge on any atom is 0.256 e. The van der Waals surface area contributed by atoms with Gasteiger partial charge in [-0.25, -0.2) is 0 Å². The van der Waals surface area contributed by atoms with Gasteiger partial charge in [-0.2, -0.15) is 0 Å². The van der Waals surface area contributed by atoms with Crippen LogP contribution < -0.4 is 15.8 Å². The van der Waals surface area contributed by atoms with E-state index < -0.39 is 0 Å². The smallest absolute Gasteiger partial charge is 0.256 e. The van der Waals surface area contributed by atoms with Gasteiger partial charge in [0.1, 0.15) is 17.9 Å². The zero-order valence-corrected chi connectivity index (χ0v) is 17.5. The maximum atomic E-state index is 13.0. The van der Waals surface area contributed by atoms with Gasteiger partial charge in [0.15, 0.2) is 0 Å². The highest BCUT2D eigenvalue weighted by Gasteiger charge is 2.13. The molecule has 6 heteroatoms. The van der Waals surface area contributed by atoms with E-state index in [0.717, 1.165) is 33.1 Å². The highest BCUT2D eigenvalue weighted by Crippen LogP contribution is 2.25. The fourth-order valence-corrected chi connectivity index (χ4v) is 3.73. The number of ether oxygens (including phenoxy) is 1. The molecule has 3 N–H and O–H groups in total. The number of benzene rings is 3. The number of nitrogens with one attached hydrogen (secondary N) is 1. The van der Waals surface area contributed by atoms with Crippen LogP contribution in [-0.4, -0.2) is 10.9 Å². The molecule has 6 nitrogen and oxygen atoms in total. The minimum absolute atomic E-state index is 0.215. The van der Waals surface area contributed by atoms with Crippen molar-refractivity contribution in [1.29, 1.82) is 0 Å². The largest absolute Gasteiger partial charge is 0.489 e. The van der Waals surface area contributed by atoms with E-state index >= 15 is 0 Å². The van der Waals surface area contributed by atoms with Crippen molar-refractivity contribution in [2.45, 2.75) is 13.5 Å². The number of carbonyl (C=O) groups excluding carboxylic acids is 1. The summed E-state index contributed by atoms with van der Waals surface area (Å²) in [4.78, 5) is 17.5. The second kappa shape index (κ2) is 8.07. The Balaban J connectivity index is 1.35. The summed E-state index contributed by atoms with van der Waals surface area (Å²) < 4.78 is 11.3. The second-order valence-electron chi connectivity index (χ2n) is 7.60. The standard InChI is InChI=1S/C26H21N3O3/c1-16-12-23(27)22-14-19(6-8-24(22)28-16)29-26(30)21-5-3-2-4-18(21)15-32-20-7-9-25-17(13-20)10-11-31-25/h2-14H,15H2,1H3,(H2,27,28)(H,29,30). The number of furan rings is 1. The van der Waals surface area contributed by atoms with Crippen LogP contribution in [0.15, 0.2) is 83.5 Å². The first-order valence-electron chi connectivity index (χ1n) is 10.2. The van der Waals surface area contributed by atoms with E-state index in [2.05, 4.69) is 10.3 Å². The minimum atomic E-state index is -0.215. The molecule has 3 aromatic carbocycles. The van der Waals surface area contributed by atoms with Gasteiger partial charge in [0.2, 0.25) is 0 Å². The number of hydrogen-bond acceptors (Lipinski definition) is 5. The lowest BCUT2D eigenvalue weighted by molar-refractivity contribution is 0.102. The van der Waals surface area contributed by atoms with Gasteiger partial charge in [0.05, 0.1) is 11.8 Å². The normalized spacial score (nSPS) is 11.0. The Labute approximate surface area is 184 Å². The lowest BCUT2D eigenvalue weighted by Crippen LogP contribution is -2.15. The number of fused-ring (bicyclic) bond motifs is 2. The molecule has 0 radical (unpaired) electrons. The summed E-state index contributed by atoms with van der Waals surface area (Å²) in [7, 11) is 0. The summed E-state index contributed by atoms with van der Waals surface area (Å²) in [6, 6.07) is 22.3. The van der Waals surface area contributed by atoms with Gasteiger partial charge in [0.25, 0.3) is 5.91 Å². The molecule has 0 unspecified atom stereocenters. The van der Waals surface area contributed by atoms with Crippen molar-refractivity contribution in [3.8, 4) is 5.75 Å². The predicted molar refractivity (Wildman–Crippen MR) is 126 cm³/mol. The Morgan fingerprint density at radius 1 is 1.06 bits per heavy atom. The molecule has 0 aliphatic heterocycles. The van der Waals surface area contributed by atoms with E-state index in [1.54, 1.807) is 12.3 Å². The summed E-state index contributed by atoms with van der Waals surface area (Å²) in [6.07, 6.45) is 1.64. The van der Waals surface area contributed by atoms with Crippen LogP contribution >= 0.6 is 0 Å². The maximum absolute atomic E-state index is 13.0. The fraction of sp³-hybridized carbons (Fsp3) is 0.0769. The van der Waals surface area contributed by atoms with Crippen molar-refractivity contribution in [3.05, 3.63) is 95.9 Å². The third kappa shape index (κ3) is 3.86. The van der Waals surface area contributed by atoms with E-state index in [4.69, 9.17) is 14.9 Å². The van der Waals surface area contributed by atoms with Crippen molar-refractivity contribution in [3.63, 3.8) is 0 Å². The van der Waals surface area contributed by atoms with Crippen LogP contribution in [0.3, 0.4) is 0 Å². The summed E-state index contributed by atoms with van der Waals surface area (Å²) in [5.41, 5.74) is 11.2. The zero-order valence-electron chi connectivity index (χ0n) is 17.5. The molecular weight excluding hydrogens is 402 g/mol. The molecule has 1 amide bonds. The van der Waals surface area contributed by atoms with Crippen LogP contribution in [0.5, 0.6) is 5.75 Å². The average Bonchev–Trinajstić information content (AvgIpc) is 3.26. The molecule has 0 aliphatic rings. The van der Waals surface area contributed by atoms with Gasteiger partial charge in [-0.05, 0) is 61.5 Å². The quantitative estimate of drug-likeness (QED) is 0.378.